The number of ether oxygens (including phenoxy) is 4. The summed E-state index contributed by atoms with van der Waals surface area (Å²) in [5.74, 6) is -1.42. The van der Waals surface area contributed by atoms with Gasteiger partial charge in [-0.15, -0.1) is 0 Å². The van der Waals surface area contributed by atoms with Gasteiger partial charge in [0.1, 0.15) is 0 Å². The van der Waals surface area contributed by atoms with Crippen molar-refractivity contribution in [3.8, 4) is 0 Å². The molecule has 0 bridgehead atoms. The molecule has 0 aromatic heterocycles. The van der Waals surface area contributed by atoms with E-state index < -0.39 is 24.1 Å². The molecule has 1 aliphatic heterocycles. The largest absolute Gasteiger partial charge is 0.463 e. The predicted molar refractivity (Wildman–Crippen MR) is 52.2 cm³/mol. The molecule has 90 valence electrons. The maximum absolute atomic E-state index is 11.4. The molecule has 6 heteroatoms. The van der Waals surface area contributed by atoms with E-state index >= 15 is 0 Å². The van der Waals surface area contributed by atoms with Crippen molar-refractivity contribution in [2.24, 2.45) is 0 Å². The lowest BCUT2D eigenvalue weighted by Gasteiger charge is -2.12. The van der Waals surface area contributed by atoms with E-state index in [1.54, 1.807) is 13.8 Å². The van der Waals surface area contributed by atoms with Gasteiger partial charge in [-0.25, -0.2) is 9.59 Å². The van der Waals surface area contributed by atoms with Crippen molar-refractivity contribution in [1.29, 1.82) is 0 Å². The molecule has 0 N–H and O–H groups in total. The van der Waals surface area contributed by atoms with Crippen LogP contribution in [0.3, 0.4) is 0 Å². The van der Waals surface area contributed by atoms with Crippen LogP contribution < -0.4 is 0 Å². The number of hydrogen-bond donors (Lipinski definition) is 0. The van der Waals surface area contributed by atoms with E-state index in [2.05, 4.69) is 6.58 Å². The van der Waals surface area contributed by atoms with Gasteiger partial charge in [-0.1, -0.05) is 0 Å². The van der Waals surface area contributed by atoms with E-state index in [9.17, 15) is 9.59 Å². The lowest BCUT2D eigenvalue weighted by molar-refractivity contribution is -0.163. The Balaban J connectivity index is 2.69. The minimum Gasteiger partial charge on any atom is -0.463 e. The first-order valence-electron chi connectivity index (χ1n) is 4.95. The van der Waals surface area contributed by atoms with Crippen LogP contribution in [0.25, 0.3) is 0 Å². The molecule has 0 saturated carbocycles. The summed E-state index contributed by atoms with van der Waals surface area (Å²) in [6.45, 7) is 7.08. The molecule has 0 spiro atoms. The van der Waals surface area contributed by atoms with Crippen LogP contribution in [-0.2, 0) is 28.5 Å². The zero-order valence-corrected chi connectivity index (χ0v) is 9.23. The molecule has 0 aliphatic carbocycles. The summed E-state index contributed by atoms with van der Waals surface area (Å²) in [6.07, 6.45) is -2.27. The van der Waals surface area contributed by atoms with Crippen LogP contribution in [0, 0.1) is 0 Å². The van der Waals surface area contributed by atoms with E-state index in [0.29, 0.717) is 0 Å². The molecule has 1 rings (SSSR count). The second-order valence-electron chi connectivity index (χ2n) is 2.95. The monoisotopic (exact) mass is 230 g/mol. The van der Waals surface area contributed by atoms with Crippen LogP contribution in [-0.4, -0.2) is 37.4 Å². The normalized spacial score (nSPS) is 23.2. The van der Waals surface area contributed by atoms with Crippen molar-refractivity contribution in [3.63, 3.8) is 0 Å². The van der Waals surface area contributed by atoms with E-state index in [1.165, 1.54) is 0 Å². The Labute approximate surface area is 93.1 Å². The summed E-state index contributed by atoms with van der Waals surface area (Å²) in [6, 6.07) is 0. The number of hydrogen-bond acceptors (Lipinski definition) is 6. The smallest absolute Gasteiger partial charge is 0.352 e. The maximum atomic E-state index is 11.4. The minimum atomic E-state index is -1.13. The quantitative estimate of drug-likeness (QED) is 0.650. The van der Waals surface area contributed by atoms with E-state index in [1.807, 2.05) is 0 Å². The Hall–Kier alpha value is -1.72. The molecule has 2 atom stereocenters. The van der Waals surface area contributed by atoms with Crippen molar-refractivity contribution in [2.75, 3.05) is 13.2 Å². The van der Waals surface area contributed by atoms with Crippen LogP contribution >= 0.6 is 0 Å². The first-order chi connectivity index (χ1) is 7.60. The van der Waals surface area contributed by atoms with E-state index in [0.717, 1.165) is 0 Å². The molecule has 0 radical (unpaired) electrons. The van der Waals surface area contributed by atoms with Gasteiger partial charge >= 0.3 is 11.9 Å². The van der Waals surface area contributed by atoms with Crippen LogP contribution in [0.4, 0.5) is 0 Å². The van der Waals surface area contributed by atoms with Crippen LogP contribution in [0.2, 0.25) is 0 Å². The third-order valence-electron chi connectivity index (χ3n) is 1.83. The molecule has 16 heavy (non-hydrogen) atoms. The topological polar surface area (TPSA) is 71.1 Å². The lowest BCUT2D eigenvalue weighted by Crippen LogP contribution is -2.39. The third kappa shape index (κ3) is 2.65. The van der Waals surface area contributed by atoms with Gasteiger partial charge in [-0.2, -0.15) is 0 Å². The van der Waals surface area contributed by atoms with Gasteiger partial charge in [0.2, 0.25) is 12.2 Å². The summed E-state index contributed by atoms with van der Waals surface area (Å²) in [7, 11) is 0. The second kappa shape index (κ2) is 5.39. The predicted octanol–water partition coefficient (Wildman–Crippen LogP) is 0.368. The fourth-order valence-electron chi connectivity index (χ4n) is 1.23. The van der Waals surface area contributed by atoms with Gasteiger partial charge in [0, 0.05) is 0 Å². The molecular formula is C10H14O6. The Morgan fingerprint density at radius 1 is 1.12 bits per heavy atom. The summed E-state index contributed by atoms with van der Waals surface area (Å²) in [5, 5.41) is 0. The van der Waals surface area contributed by atoms with Gasteiger partial charge in [0.05, 0.1) is 13.2 Å². The highest BCUT2D eigenvalue weighted by Gasteiger charge is 2.45. The summed E-state index contributed by atoms with van der Waals surface area (Å²) >= 11 is 0. The fraction of sp³-hybridized carbons (Fsp3) is 0.600. The average molecular weight is 230 g/mol. The fourth-order valence-corrected chi connectivity index (χ4v) is 1.23. The zero-order chi connectivity index (χ0) is 12.1. The number of carbonyl (C=O) groups excluding carboxylic acids is 2. The molecule has 1 saturated heterocycles. The molecule has 6 nitrogen and oxygen atoms in total. The summed E-state index contributed by atoms with van der Waals surface area (Å²) in [5.41, 5.74) is 0. The minimum absolute atomic E-state index is 0.0869. The van der Waals surface area contributed by atoms with Crippen molar-refractivity contribution >= 4 is 11.9 Å². The number of rotatable bonds is 4. The Kier molecular flexibility index (Phi) is 4.16. The molecule has 0 unspecified atom stereocenters. The van der Waals surface area contributed by atoms with Gasteiger partial charge in [-0.05, 0) is 20.4 Å². The summed E-state index contributed by atoms with van der Waals surface area (Å²) in [4.78, 5) is 22.9. The molecular weight excluding hydrogens is 216 g/mol. The Bertz CT molecular complexity index is 270. The standard InChI is InChI=1S/C10H14O6/c1-4-13-9(11)7-8(10(12)14-5-2)16-6(3)15-7/h7-8H,3-5H2,1-2H3/t7-,8-/m0/s1. The van der Waals surface area contributed by atoms with E-state index in [4.69, 9.17) is 18.9 Å². The van der Waals surface area contributed by atoms with Crippen LogP contribution in [0.1, 0.15) is 13.8 Å². The average Bonchev–Trinajstić information content (AvgIpc) is 2.61. The van der Waals surface area contributed by atoms with Crippen molar-refractivity contribution < 1.29 is 28.5 Å². The molecule has 1 aliphatic rings. The van der Waals surface area contributed by atoms with Crippen LogP contribution in [0.5, 0.6) is 0 Å². The summed E-state index contributed by atoms with van der Waals surface area (Å²) < 4.78 is 19.4. The van der Waals surface area contributed by atoms with Crippen molar-refractivity contribution in [2.45, 2.75) is 26.1 Å². The van der Waals surface area contributed by atoms with Crippen LogP contribution in [0.15, 0.2) is 12.5 Å². The molecule has 1 fully saturated rings. The molecule has 0 amide bonds. The van der Waals surface area contributed by atoms with Gasteiger partial charge in [-0.3, -0.25) is 0 Å². The van der Waals surface area contributed by atoms with Gasteiger partial charge in [0.15, 0.2) is 0 Å². The van der Waals surface area contributed by atoms with Gasteiger partial charge < -0.3 is 18.9 Å². The van der Waals surface area contributed by atoms with Crippen molar-refractivity contribution in [1.82, 2.24) is 0 Å². The highest BCUT2D eigenvalue weighted by atomic mass is 16.7. The van der Waals surface area contributed by atoms with E-state index in [-0.39, 0.29) is 19.2 Å². The van der Waals surface area contributed by atoms with Gasteiger partial charge in [0.25, 0.3) is 5.95 Å². The highest BCUT2D eigenvalue weighted by molar-refractivity contribution is 5.86. The molecule has 0 aromatic carbocycles. The highest BCUT2D eigenvalue weighted by Crippen LogP contribution is 2.23. The number of carbonyl (C=O) groups is 2. The SMILES string of the molecule is C=C1O[C@H](C(=O)OCC)[C@@H](C(=O)OCC)O1. The maximum Gasteiger partial charge on any atom is 0.352 e. The molecule has 1 heterocycles. The second-order valence-corrected chi connectivity index (χ2v) is 2.95. The lowest BCUT2D eigenvalue weighted by atomic mass is 10.2. The third-order valence-corrected chi connectivity index (χ3v) is 1.83. The zero-order valence-electron chi connectivity index (χ0n) is 9.23. The Morgan fingerprint density at radius 3 is 1.81 bits per heavy atom. The van der Waals surface area contributed by atoms with Crippen molar-refractivity contribution in [3.05, 3.63) is 12.5 Å². The first-order valence-corrected chi connectivity index (χ1v) is 4.95. The molecule has 0 aromatic rings. The number of esters is 2. The Morgan fingerprint density at radius 2 is 1.50 bits per heavy atom. The first kappa shape index (κ1) is 12.4.